The van der Waals surface area contributed by atoms with E-state index in [2.05, 4.69) is 15.0 Å². The van der Waals surface area contributed by atoms with Crippen LogP contribution in [-0.4, -0.2) is 33.0 Å². The van der Waals surface area contributed by atoms with Gasteiger partial charge in [-0.15, -0.1) is 0 Å². The number of nitrogens with one attached hydrogen (secondary N) is 1. The molecule has 0 spiro atoms. The molecule has 15 heteroatoms. The monoisotopic (exact) mass is 609 g/mol. The highest BCUT2D eigenvalue weighted by Crippen LogP contribution is 2.32. The quantitative estimate of drug-likeness (QED) is 0.0733. The number of benzene rings is 3. The van der Waals surface area contributed by atoms with E-state index in [4.69, 9.17) is 15.6 Å². The Balaban J connectivity index is 0.000000612. The Labute approximate surface area is 238 Å². The molecule has 42 heavy (non-hydrogen) atoms. The van der Waals surface area contributed by atoms with E-state index in [0.717, 1.165) is 36.2 Å². The van der Waals surface area contributed by atoms with Crippen LogP contribution >= 0.6 is 11.9 Å². The molecule has 220 valence electrons. The third-order valence-corrected chi connectivity index (χ3v) is 6.24. The van der Waals surface area contributed by atoms with E-state index in [0.29, 0.717) is 22.0 Å². The normalized spacial score (nSPS) is 10.8. The highest BCUT2D eigenvalue weighted by atomic mass is 32.2. The Morgan fingerprint density at radius 3 is 2.38 bits per heavy atom. The fourth-order valence-electron chi connectivity index (χ4n) is 3.77. The summed E-state index contributed by atoms with van der Waals surface area (Å²) in [4.78, 5) is 19.5. The van der Waals surface area contributed by atoms with Crippen molar-refractivity contribution in [1.82, 2.24) is 14.8 Å². The molecule has 8 nitrogen and oxygen atoms in total. The summed E-state index contributed by atoms with van der Waals surface area (Å²) in [6.07, 6.45) is 1.62. The Morgan fingerprint density at radius 2 is 1.74 bits per heavy atom. The largest absolute Gasteiger partial charge is 0.454 e. The van der Waals surface area contributed by atoms with Gasteiger partial charge in [0, 0.05) is 33.3 Å². The molecule has 0 saturated carbocycles. The summed E-state index contributed by atoms with van der Waals surface area (Å²) in [5.41, 5.74) is 5.68. The number of ketones is 1. The number of anilines is 1. The standard InChI is InChI=1S/C24H13F5N4O3.C3H8FNS/c25-15-2-1-3-20(21(15)28)35-13-8-16(26)22(17(27)9-13)33-24(30)14(10-31-33)23(34)19-7-11-6-12(36-29)4-5-18(11)32-19;4-2-1-3-6-5/h1-10,32H,30H2;1-3,5H2. The molecule has 2 aromatic heterocycles. The van der Waals surface area contributed by atoms with Crippen molar-refractivity contribution in [2.45, 2.75) is 6.42 Å². The van der Waals surface area contributed by atoms with E-state index >= 15 is 0 Å². The van der Waals surface area contributed by atoms with Crippen molar-refractivity contribution >= 4 is 34.5 Å². The molecule has 0 aliphatic heterocycles. The van der Waals surface area contributed by atoms with Crippen molar-refractivity contribution in [1.29, 1.82) is 0 Å². The van der Waals surface area contributed by atoms with Crippen molar-refractivity contribution in [3.05, 3.63) is 95.3 Å². The van der Waals surface area contributed by atoms with E-state index < -0.39 is 46.2 Å². The first kappa shape index (κ1) is 30.3. The first-order valence-electron chi connectivity index (χ1n) is 12.0. The summed E-state index contributed by atoms with van der Waals surface area (Å²) in [6, 6.07) is 10.2. The first-order valence-corrected chi connectivity index (χ1v) is 13.0. The fourth-order valence-corrected chi connectivity index (χ4v) is 4.04. The molecule has 0 saturated heterocycles. The molecule has 0 unspecified atom stereocenters. The maximum absolute atomic E-state index is 14.9. The molecule has 0 aliphatic carbocycles. The molecule has 0 atom stereocenters. The Bertz CT molecular complexity index is 1700. The van der Waals surface area contributed by atoms with Crippen LogP contribution in [0.1, 0.15) is 22.5 Å². The Hall–Kier alpha value is -4.63. The van der Waals surface area contributed by atoms with Crippen molar-refractivity contribution in [2.75, 3.05) is 18.2 Å². The summed E-state index contributed by atoms with van der Waals surface area (Å²) in [6.45, 7) is -0.246. The van der Waals surface area contributed by atoms with Crippen LogP contribution in [0.2, 0.25) is 0 Å². The fraction of sp³-hybridized carbons (Fsp3) is 0.111. The van der Waals surface area contributed by atoms with E-state index in [1.165, 1.54) is 42.3 Å². The molecular formula is C27H21F6N5O3S. The minimum atomic E-state index is -1.33. The van der Waals surface area contributed by atoms with Crippen LogP contribution in [0.4, 0.5) is 32.3 Å². The van der Waals surface area contributed by atoms with E-state index in [-0.39, 0.29) is 29.5 Å². The average Bonchev–Trinajstić information content (AvgIpc) is 3.57. The number of nitrogens with two attached hydrogens (primary N) is 2. The van der Waals surface area contributed by atoms with Crippen LogP contribution in [0.3, 0.4) is 0 Å². The van der Waals surface area contributed by atoms with Crippen molar-refractivity contribution in [2.24, 2.45) is 5.14 Å². The lowest BCUT2D eigenvalue weighted by molar-refractivity contribution is -0.00603. The molecule has 5 N–H and O–H groups in total. The third-order valence-electron chi connectivity index (χ3n) is 5.72. The number of hydrogen-bond donors (Lipinski definition) is 3. The second-order valence-electron chi connectivity index (χ2n) is 8.50. The van der Waals surface area contributed by atoms with Gasteiger partial charge >= 0.3 is 0 Å². The number of carbonyl (C=O) groups is 1. The maximum atomic E-state index is 14.9. The van der Waals surface area contributed by atoms with Crippen LogP contribution in [0.25, 0.3) is 16.6 Å². The van der Waals surface area contributed by atoms with Crippen LogP contribution in [0, 0.1) is 23.3 Å². The van der Waals surface area contributed by atoms with E-state index in [1.807, 2.05) is 0 Å². The number of ether oxygens (including phenoxy) is 1. The predicted octanol–water partition coefficient (Wildman–Crippen LogP) is 6.73. The number of aromatic nitrogens is 3. The number of alkyl halides is 1. The summed E-state index contributed by atoms with van der Waals surface area (Å²) >= 11 is 1.19. The van der Waals surface area contributed by atoms with Gasteiger partial charge in [-0.25, -0.2) is 17.9 Å². The molecule has 0 amide bonds. The number of fused-ring (bicyclic) bond motifs is 1. The van der Waals surface area contributed by atoms with Gasteiger partial charge in [0.2, 0.25) is 11.6 Å². The molecule has 0 aliphatic rings. The second-order valence-corrected chi connectivity index (χ2v) is 9.24. The molecular weight excluding hydrogens is 588 g/mol. The number of nitrogen functional groups attached to an aromatic ring is 1. The molecule has 5 rings (SSSR count). The zero-order valence-electron chi connectivity index (χ0n) is 21.3. The first-order chi connectivity index (χ1) is 20.2. The van der Waals surface area contributed by atoms with Gasteiger partial charge in [0.15, 0.2) is 29.0 Å². The summed E-state index contributed by atoms with van der Waals surface area (Å²) in [5.74, 6) is -6.27. The van der Waals surface area contributed by atoms with Gasteiger partial charge in [-0.2, -0.15) is 9.49 Å². The highest BCUT2D eigenvalue weighted by Gasteiger charge is 2.24. The number of halogens is 6. The second kappa shape index (κ2) is 13.4. The molecule has 5 aromatic rings. The summed E-state index contributed by atoms with van der Waals surface area (Å²) in [5, 5.41) is 9.27. The lowest BCUT2D eigenvalue weighted by Gasteiger charge is -2.11. The van der Waals surface area contributed by atoms with Gasteiger partial charge in [0.25, 0.3) is 0 Å². The van der Waals surface area contributed by atoms with E-state index in [9.17, 15) is 31.3 Å². The van der Waals surface area contributed by atoms with Crippen LogP contribution in [-0.2, 0) is 0 Å². The lowest BCUT2D eigenvalue weighted by atomic mass is 10.1. The lowest BCUT2D eigenvalue weighted by Crippen LogP contribution is -2.10. The van der Waals surface area contributed by atoms with Crippen molar-refractivity contribution < 1.29 is 41.0 Å². The van der Waals surface area contributed by atoms with Crippen molar-refractivity contribution in [3.8, 4) is 22.9 Å². The summed E-state index contributed by atoms with van der Waals surface area (Å²) in [7, 11) is 0. The maximum Gasteiger partial charge on any atom is 0.214 e. The number of hydrogen-bond acceptors (Lipinski definition) is 7. The SMILES string of the molecule is NSCCCF.Nc1c(C(=O)c2cc3cc(OF)ccc3[nH]2)cnn1-c1c(F)cc(Oc2cccc(F)c2F)cc1F. The zero-order valence-corrected chi connectivity index (χ0v) is 22.2. The molecule has 2 heterocycles. The molecule has 0 bridgehead atoms. The molecule has 0 radical (unpaired) electrons. The van der Waals surface area contributed by atoms with Gasteiger partial charge in [-0.1, -0.05) is 18.0 Å². The smallest absolute Gasteiger partial charge is 0.214 e. The van der Waals surface area contributed by atoms with Gasteiger partial charge in [-0.3, -0.25) is 19.3 Å². The van der Waals surface area contributed by atoms with Crippen LogP contribution in [0.15, 0.2) is 60.8 Å². The Kier molecular flexibility index (Phi) is 9.64. The van der Waals surface area contributed by atoms with Crippen molar-refractivity contribution in [3.63, 3.8) is 0 Å². The number of rotatable bonds is 9. The topological polar surface area (TPSA) is 121 Å². The van der Waals surface area contributed by atoms with Crippen LogP contribution < -0.4 is 20.6 Å². The van der Waals surface area contributed by atoms with Crippen LogP contribution in [0.5, 0.6) is 17.2 Å². The van der Waals surface area contributed by atoms with Gasteiger partial charge in [0.1, 0.15) is 17.3 Å². The Morgan fingerprint density at radius 1 is 1.00 bits per heavy atom. The van der Waals surface area contributed by atoms with Gasteiger partial charge in [0.05, 0.1) is 24.1 Å². The number of nitrogens with zero attached hydrogens (tertiary/aromatic N) is 2. The minimum absolute atomic E-state index is 0.0636. The predicted molar refractivity (Wildman–Crippen MR) is 145 cm³/mol. The third kappa shape index (κ3) is 6.47. The average molecular weight is 610 g/mol. The van der Waals surface area contributed by atoms with Gasteiger partial charge in [-0.05, 0) is 42.8 Å². The van der Waals surface area contributed by atoms with Gasteiger partial charge < -0.3 is 15.5 Å². The number of aromatic amines is 1. The number of H-pyrrole nitrogens is 1. The number of carbonyl (C=O) groups excluding carboxylic acids is 1. The molecule has 0 fully saturated rings. The summed E-state index contributed by atoms with van der Waals surface area (Å²) < 4.78 is 86.2. The van der Waals surface area contributed by atoms with E-state index in [1.54, 1.807) is 0 Å². The highest BCUT2D eigenvalue weighted by molar-refractivity contribution is 7.97. The molecule has 3 aromatic carbocycles. The minimum Gasteiger partial charge on any atom is -0.454 e. The zero-order chi connectivity index (χ0) is 30.4.